The largest absolute Gasteiger partial charge is 0.431 e. The summed E-state index contributed by atoms with van der Waals surface area (Å²) in [5.74, 6) is 0.637. The molecule has 0 radical (unpaired) electrons. The molecule has 2 aromatic rings. The van der Waals surface area contributed by atoms with Gasteiger partial charge in [-0.1, -0.05) is 29.8 Å². The Balaban J connectivity index is 1.76. The molecule has 2 N–H and O–H groups in total. The van der Waals surface area contributed by atoms with E-state index in [0.717, 1.165) is 0 Å². The average Bonchev–Trinajstić information content (AvgIpc) is 2.49. The molecule has 7 heteroatoms. The van der Waals surface area contributed by atoms with Gasteiger partial charge in [0.1, 0.15) is 11.5 Å². The van der Waals surface area contributed by atoms with Crippen LogP contribution in [-0.2, 0) is 0 Å². The lowest BCUT2D eigenvalue weighted by atomic mass is 10.3. The fraction of sp³-hybridized carbons (Fsp3) is 0. The smallest absolute Gasteiger partial charge is 0.409 e. The first-order chi connectivity index (χ1) is 10.1. The molecular weight excluding hydrogens is 296 g/mol. The van der Waals surface area contributed by atoms with E-state index in [0.29, 0.717) is 10.8 Å². The predicted octanol–water partition coefficient (Wildman–Crippen LogP) is 3.13. The molecule has 0 aliphatic heterocycles. The summed E-state index contributed by atoms with van der Waals surface area (Å²) in [5, 5.41) is 0.521. The van der Waals surface area contributed by atoms with Crippen molar-refractivity contribution in [3.63, 3.8) is 0 Å². The third-order valence-corrected chi connectivity index (χ3v) is 2.50. The number of nitrogens with one attached hydrogen (secondary N) is 2. The van der Waals surface area contributed by atoms with E-state index in [-0.39, 0.29) is 5.75 Å². The minimum absolute atomic E-state index is 0.287. The van der Waals surface area contributed by atoms with Gasteiger partial charge < -0.3 is 9.47 Å². The Morgan fingerprint density at radius 2 is 1.24 bits per heavy atom. The molecule has 0 atom stereocenters. The number of amides is 2. The standard InChI is InChI=1S/C14H11ClN2O4/c15-10-6-8-12(9-7-10)21-14(19)17-16-13(18)20-11-4-2-1-3-5-11/h1-9H,(H,16,18)(H,17,19). The Kier molecular flexibility index (Phi) is 5.00. The maximum Gasteiger partial charge on any atom is 0.431 e. The fourth-order valence-electron chi connectivity index (χ4n) is 1.36. The molecule has 0 unspecified atom stereocenters. The lowest BCUT2D eigenvalue weighted by Gasteiger charge is -2.08. The van der Waals surface area contributed by atoms with Crippen molar-refractivity contribution < 1.29 is 19.1 Å². The van der Waals surface area contributed by atoms with E-state index < -0.39 is 12.2 Å². The summed E-state index contributed by atoms with van der Waals surface area (Å²) in [6.07, 6.45) is -1.70. The van der Waals surface area contributed by atoms with Crippen molar-refractivity contribution in [1.29, 1.82) is 0 Å². The molecule has 6 nitrogen and oxygen atoms in total. The van der Waals surface area contributed by atoms with Gasteiger partial charge in [-0.25, -0.2) is 20.4 Å². The summed E-state index contributed by atoms with van der Waals surface area (Å²) in [6.45, 7) is 0. The van der Waals surface area contributed by atoms with E-state index in [9.17, 15) is 9.59 Å². The Morgan fingerprint density at radius 3 is 1.76 bits per heavy atom. The number of halogens is 1. The van der Waals surface area contributed by atoms with Crippen LogP contribution in [0.15, 0.2) is 54.6 Å². The lowest BCUT2D eigenvalue weighted by Crippen LogP contribution is -2.44. The first-order valence-corrected chi connectivity index (χ1v) is 6.27. The molecule has 0 bridgehead atoms. The Morgan fingerprint density at radius 1 is 0.762 bits per heavy atom. The molecule has 0 saturated carbocycles. The van der Waals surface area contributed by atoms with E-state index >= 15 is 0 Å². The van der Waals surface area contributed by atoms with Crippen molar-refractivity contribution in [1.82, 2.24) is 10.9 Å². The van der Waals surface area contributed by atoms with Crippen LogP contribution in [0.3, 0.4) is 0 Å². The minimum atomic E-state index is -0.859. The maximum absolute atomic E-state index is 11.4. The van der Waals surface area contributed by atoms with E-state index in [4.69, 9.17) is 21.1 Å². The molecule has 0 spiro atoms. The van der Waals surface area contributed by atoms with Gasteiger partial charge in [0, 0.05) is 5.02 Å². The minimum Gasteiger partial charge on any atom is -0.409 e. The number of para-hydroxylation sites is 1. The van der Waals surface area contributed by atoms with Gasteiger partial charge in [0.25, 0.3) is 0 Å². The molecule has 108 valence electrons. The molecule has 0 heterocycles. The maximum atomic E-state index is 11.4. The van der Waals surface area contributed by atoms with Gasteiger partial charge in [-0.05, 0) is 36.4 Å². The second kappa shape index (κ2) is 7.16. The van der Waals surface area contributed by atoms with E-state index in [2.05, 4.69) is 5.43 Å². The highest BCUT2D eigenvalue weighted by molar-refractivity contribution is 6.30. The quantitative estimate of drug-likeness (QED) is 0.836. The van der Waals surface area contributed by atoms with Crippen LogP contribution < -0.4 is 20.3 Å². The van der Waals surface area contributed by atoms with Gasteiger partial charge in [0.15, 0.2) is 0 Å². The van der Waals surface area contributed by atoms with Crippen molar-refractivity contribution >= 4 is 23.8 Å². The van der Waals surface area contributed by atoms with Crippen molar-refractivity contribution in [2.24, 2.45) is 0 Å². The molecule has 0 aliphatic rings. The molecule has 21 heavy (non-hydrogen) atoms. The number of rotatable bonds is 2. The van der Waals surface area contributed by atoms with Crippen LogP contribution in [0.2, 0.25) is 5.02 Å². The van der Waals surface area contributed by atoms with Gasteiger partial charge in [0.2, 0.25) is 0 Å². The summed E-state index contributed by atoms with van der Waals surface area (Å²) in [5.41, 5.74) is 4.10. The van der Waals surface area contributed by atoms with Gasteiger partial charge in [-0.15, -0.1) is 0 Å². The average molecular weight is 307 g/mol. The van der Waals surface area contributed by atoms with Crippen LogP contribution >= 0.6 is 11.6 Å². The zero-order chi connectivity index (χ0) is 15.1. The van der Waals surface area contributed by atoms with Crippen LogP contribution in [-0.4, -0.2) is 12.2 Å². The number of hydrogen-bond donors (Lipinski definition) is 2. The van der Waals surface area contributed by atoms with Crippen molar-refractivity contribution in [2.45, 2.75) is 0 Å². The van der Waals surface area contributed by atoms with E-state index in [1.165, 1.54) is 12.1 Å². The number of hydrazine groups is 1. The van der Waals surface area contributed by atoms with Crippen molar-refractivity contribution in [3.8, 4) is 11.5 Å². The second-order valence-electron chi connectivity index (χ2n) is 3.80. The second-order valence-corrected chi connectivity index (χ2v) is 4.23. The van der Waals surface area contributed by atoms with Crippen LogP contribution in [0.25, 0.3) is 0 Å². The molecule has 0 aliphatic carbocycles. The van der Waals surface area contributed by atoms with E-state index in [1.54, 1.807) is 42.5 Å². The Hall–Kier alpha value is -2.73. The van der Waals surface area contributed by atoms with Crippen LogP contribution in [0, 0.1) is 0 Å². The SMILES string of the molecule is O=C(NNC(=O)Oc1ccc(Cl)cc1)Oc1ccccc1. The van der Waals surface area contributed by atoms with Gasteiger partial charge in [0.05, 0.1) is 0 Å². The van der Waals surface area contributed by atoms with Crippen molar-refractivity contribution in [3.05, 3.63) is 59.6 Å². The summed E-state index contributed by atoms with van der Waals surface area (Å²) < 4.78 is 9.78. The fourth-order valence-corrected chi connectivity index (χ4v) is 1.48. The topological polar surface area (TPSA) is 76.7 Å². The molecule has 2 rings (SSSR count). The monoisotopic (exact) mass is 306 g/mol. The van der Waals surface area contributed by atoms with E-state index in [1.807, 2.05) is 5.43 Å². The summed E-state index contributed by atoms with van der Waals surface area (Å²) >= 11 is 5.70. The van der Waals surface area contributed by atoms with Crippen LogP contribution in [0.4, 0.5) is 9.59 Å². The summed E-state index contributed by atoms with van der Waals surface area (Å²) in [4.78, 5) is 22.8. The van der Waals surface area contributed by atoms with Crippen LogP contribution in [0.1, 0.15) is 0 Å². The molecular formula is C14H11ClN2O4. The van der Waals surface area contributed by atoms with Gasteiger partial charge in [-0.2, -0.15) is 0 Å². The third kappa shape index (κ3) is 5.04. The zero-order valence-electron chi connectivity index (χ0n) is 10.7. The van der Waals surface area contributed by atoms with Crippen molar-refractivity contribution in [2.75, 3.05) is 0 Å². The Bertz CT molecular complexity index is 617. The highest BCUT2D eigenvalue weighted by Gasteiger charge is 2.08. The molecule has 0 fully saturated rings. The highest BCUT2D eigenvalue weighted by atomic mass is 35.5. The number of benzene rings is 2. The molecule has 0 aromatic heterocycles. The zero-order valence-corrected chi connectivity index (χ0v) is 11.5. The van der Waals surface area contributed by atoms with Crippen LogP contribution in [0.5, 0.6) is 11.5 Å². The number of ether oxygens (including phenoxy) is 2. The number of carbonyl (C=O) groups is 2. The summed E-state index contributed by atoms with van der Waals surface area (Å²) in [6, 6.07) is 14.6. The predicted molar refractivity (Wildman–Crippen MR) is 76.2 cm³/mol. The lowest BCUT2D eigenvalue weighted by molar-refractivity contribution is 0.179. The number of carbonyl (C=O) groups excluding carboxylic acids is 2. The normalized spacial score (nSPS) is 9.57. The first-order valence-electron chi connectivity index (χ1n) is 5.90. The Labute approximate surface area is 125 Å². The highest BCUT2D eigenvalue weighted by Crippen LogP contribution is 2.15. The van der Waals surface area contributed by atoms with Gasteiger partial charge >= 0.3 is 12.2 Å². The number of hydrogen-bond acceptors (Lipinski definition) is 4. The van der Waals surface area contributed by atoms with Gasteiger partial charge in [-0.3, -0.25) is 0 Å². The third-order valence-electron chi connectivity index (χ3n) is 2.24. The molecule has 2 aromatic carbocycles. The first kappa shape index (κ1) is 14.7. The summed E-state index contributed by atoms with van der Waals surface area (Å²) in [7, 11) is 0. The molecule has 0 saturated heterocycles. The molecule has 2 amide bonds.